The molecule has 0 aliphatic heterocycles. The number of amides is 2. The second-order valence-electron chi connectivity index (χ2n) is 5.82. The number of aliphatic imine (C=N–C) groups is 1. The molecule has 1 rings (SSSR count). The van der Waals surface area contributed by atoms with Gasteiger partial charge >= 0.3 is 6.03 Å². The highest BCUT2D eigenvalue weighted by Crippen LogP contribution is 2.19. The number of unbranched alkanes of at least 4 members (excludes halogenated alkanes) is 2. The predicted octanol–water partition coefficient (Wildman–Crippen LogP) is 3.96. The lowest BCUT2D eigenvalue weighted by atomic mass is 10.1. The number of benzene rings is 1. The van der Waals surface area contributed by atoms with Gasteiger partial charge in [0.1, 0.15) is 0 Å². The summed E-state index contributed by atoms with van der Waals surface area (Å²) in [4.78, 5) is 18.6. The maximum atomic E-state index is 12.3. The van der Waals surface area contributed by atoms with Gasteiger partial charge in [0.05, 0.1) is 6.54 Å². The summed E-state index contributed by atoms with van der Waals surface area (Å²) >= 11 is 0. The van der Waals surface area contributed by atoms with E-state index in [2.05, 4.69) is 28.5 Å². The molecule has 0 spiro atoms. The van der Waals surface area contributed by atoms with Crippen LogP contribution in [0.15, 0.2) is 23.2 Å². The number of carbonyl (C=O) groups is 1. The number of hydrogen-bond donors (Lipinski definition) is 2. The van der Waals surface area contributed by atoms with Gasteiger partial charge in [0.25, 0.3) is 0 Å². The van der Waals surface area contributed by atoms with Crippen LogP contribution >= 0.6 is 12.4 Å². The number of nitrogens with zero attached hydrogens (tertiary/aromatic N) is 2. The molecule has 0 heterocycles. The highest BCUT2D eigenvalue weighted by molar-refractivity contribution is 6.03. The number of anilines is 1. The van der Waals surface area contributed by atoms with E-state index in [1.165, 1.54) is 0 Å². The molecule has 2 amide bonds. The number of aryl methyl sites for hydroxylation is 2. The van der Waals surface area contributed by atoms with Gasteiger partial charge in [-0.15, -0.1) is 18.8 Å². The fourth-order valence-corrected chi connectivity index (χ4v) is 2.27. The van der Waals surface area contributed by atoms with E-state index in [-0.39, 0.29) is 18.4 Å². The molecule has 0 saturated carbocycles. The second-order valence-corrected chi connectivity index (χ2v) is 5.82. The third-order valence-corrected chi connectivity index (χ3v) is 3.66. The molecule has 0 aliphatic carbocycles. The Morgan fingerprint density at radius 2 is 1.92 bits per heavy atom. The van der Waals surface area contributed by atoms with Crippen LogP contribution in [-0.2, 0) is 0 Å². The molecule has 0 saturated heterocycles. The Kier molecular flexibility index (Phi) is 11.1. The Balaban J connectivity index is 0.00000576. The number of terminal acetylenes is 1. The van der Waals surface area contributed by atoms with Crippen molar-refractivity contribution in [2.75, 3.05) is 25.5 Å². The number of urea groups is 1. The molecule has 138 valence electrons. The van der Waals surface area contributed by atoms with E-state index >= 15 is 0 Å². The van der Waals surface area contributed by atoms with Crippen LogP contribution in [0.2, 0.25) is 0 Å². The van der Waals surface area contributed by atoms with Crippen molar-refractivity contribution in [1.82, 2.24) is 10.2 Å². The van der Waals surface area contributed by atoms with Crippen LogP contribution in [0.4, 0.5) is 10.5 Å². The van der Waals surface area contributed by atoms with E-state index in [4.69, 9.17) is 6.42 Å². The third-order valence-electron chi connectivity index (χ3n) is 3.66. The number of hydrogen-bond acceptors (Lipinski definition) is 2. The number of carbonyl (C=O) groups excluding carboxylic acids is 1. The van der Waals surface area contributed by atoms with E-state index in [9.17, 15) is 4.79 Å². The minimum atomic E-state index is -0.314. The summed E-state index contributed by atoms with van der Waals surface area (Å²) in [6.07, 6.45) is 8.60. The number of nitrogens with one attached hydrogen (secondary N) is 2. The average Bonchev–Trinajstić information content (AvgIpc) is 2.54. The summed E-state index contributed by atoms with van der Waals surface area (Å²) in [6, 6.07) is 5.58. The first-order valence-electron chi connectivity index (χ1n) is 8.32. The van der Waals surface area contributed by atoms with Crippen molar-refractivity contribution >= 4 is 30.1 Å². The smallest absolute Gasteiger partial charge is 0.326 e. The normalized spacial score (nSPS) is 10.4. The van der Waals surface area contributed by atoms with Crippen LogP contribution in [0.5, 0.6) is 0 Å². The number of halogens is 1. The lowest BCUT2D eigenvalue weighted by molar-refractivity contribution is 0.255. The number of guanidine groups is 1. The molecule has 0 aliphatic rings. The first kappa shape index (κ1) is 22.8. The second kappa shape index (κ2) is 12.2. The maximum absolute atomic E-state index is 12.3. The zero-order valence-electron chi connectivity index (χ0n) is 15.6. The highest BCUT2D eigenvalue weighted by atomic mass is 35.5. The Bertz CT molecular complexity index is 602. The van der Waals surface area contributed by atoms with Gasteiger partial charge in [-0.1, -0.05) is 43.9 Å². The first-order chi connectivity index (χ1) is 11.5. The summed E-state index contributed by atoms with van der Waals surface area (Å²) in [5.41, 5.74) is 2.85. The van der Waals surface area contributed by atoms with Crippen molar-refractivity contribution in [1.29, 1.82) is 0 Å². The summed E-state index contributed by atoms with van der Waals surface area (Å²) in [5.74, 6) is 3.06. The summed E-state index contributed by atoms with van der Waals surface area (Å²) in [7, 11) is 1.82. The molecule has 25 heavy (non-hydrogen) atoms. The topological polar surface area (TPSA) is 56.7 Å². The molecule has 0 fully saturated rings. The van der Waals surface area contributed by atoms with Gasteiger partial charge in [0.2, 0.25) is 5.96 Å². The van der Waals surface area contributed by atoms with Crippen molar-refractivity contribution < 1.29 is 4.79 Å². The van der Waals surface area contributed by atoms with Gasteiger partial charge in [0.15, 0.2) is 0 Å². The molecular weight excluding hydrogens is 336 g/mol. The number of para-hydroxylation sites is 1. The van der Waals surface area contributed by atoms with E-state index in [1.54, 1.807) is 4.90 Å². The SMILES string of the molecule is C#CCN(C)C(=NCCCCC)NC(=O)Nc1c(C)cccc1C.Cl. The molecule has 6 heteroatoms. The number of rotatable bonds is 6. The molecule has 1 aromatic carbocycles. The summed E-state index contributed by atoms with van der Waals surface area (Å²) in [6.45, 7) is 7.13. The molecule has 0 unspecified atom stereocenters. The molecule has 0 atom stereocenters. The van der Waals surface area contributed by atoms with Crippen LogP contribution < -0.4 is 10.6 Å². The standard InChI is InChI=1S/C19H28N4O.ClH/c1-6-8-9-13-20-18(23(5)14-7-2)22-19(24)21-17-15(3)11-10-12-16(17)4;/h2,10-12H,6,8-9,13-14H2,1,3-5H3,(H2,20,21,22,24);1H. The minimum Gasteiger partial charge on any atom is -0.335 e. The Labute approximate surface area is 157 Å². The quantitative estimate of drug-likeness (QED) is 0.347. The van der Waals surface area contributed by atoms with Gasteiger partial charge < -0.3 is 10.2 Å². The Hall–Kier alpha value is -2.19. The van der Waals surface area contributed by atoms with Crippen LogP contribution in [0.25, 0.3) is 0 Å². The van der Waals surface area contributed by atoms with E-state index in [0.29, 0.717) is 19.0 Å². The molecule has 2 N–H and O–H groups in total. The van der Waals surface area contributed by atoms with Gasteiger partial charge in [-0.2, -0.15) is 0 Å². The van der Waals surface area contributed by atoms with Crippen LogP contribution in [0.3, 0.4) is 0 Å². The van der Waals surface area contributed by atoms with Crippen molar-refractivity contribution in [3.63, 3.8) is 0 Å². The van der Waals surface area contributed by atoms with Crippen molar-refractivity contribution in [2.24, 2.45) is 4.99 Å². The summed E-state index contributed by atoms with van der Waals surface area (Å²) in [5, 5.41) is 5.71. The first-order valence-corrected chi connectivity index (χ1v) is 8.32. The van der Waals surface area contributed by atoms with Crippen molar-refractivity contribution in [3.8, 4) is 12.3 Å². The zero-order valence-corrected chi connectivity index (χ0v) is 16.4. The summed E-state index contributed by atoms with van der Waals surface area (Å²) < 4.78 is 0. The van der Waals surface area contributed by atoms with Gasteiger partial charge in [-0.3, -0.25) is 10.3 Å². The fraction of sp³-hybridized carbons (Fsp3) is 0.474. The molecule has 0 radical (unpaired) electrons. The van der Waals surface area contributed by atoms with Gasteiger partial charge in [0, 0.05) is 19.3 Å². The highest BCUT2D eigenvalue weighted by Gasteiger charge is 2.12. The average molecular weight is 365 g/mol. The van der Waals surface area contributed by atoms with E-state index in [1.807, 2.05) is 39.1 Å². The maximum Gasteiger partial charge on any atom is 0.326 e. The molecule has 5 nitrogen and oxygen atoms in total. The van der Waals surface area contributed by atoms with Crippen molar-refractivity contribution in [2.45, 2.75) is 40.0 Å². The monoisotopic (exact) mass is 364 g/mol. The molecule has 1 aromatic rings. The minimum absolute atomic E-state index is 0. The third kappa shape index (κ3) is 7.95. The van der Waals surface area contributed by atoms with Crippen LogP contribution in [0, 0.1) is 26.2 Å². The van der Waals surface area contributed by atoms with Crippen LogP contribution in [0.1, 0.15) is 37.3 Å². The van der Waals surface area contributed by atoms with E-state index < -0.39 is 0 Å². The lowest BCUT2D eigenvalue weighted by Gasteiger charge is -2.20. The largest absolute Gasteiger partial charge is 0.335 e. The predicted molar refractivity (Wildman–Crippen MR) is 109 cm³/mol. The van der Waals surface area contributed by atoms with Crippen molar-refractivity contribution in [3.05, 3.63) is 29.3 Å². The van der Waals surface area contributed by atoms with Gasteiger partial charge in [-0.05, 0) is 31.4 Å². The zero-order chi connectivity index (χ0) is 17.9. The molecule has 0 bridgehead atoms. The molecular formula is C19H29ClN4O. The van der Waals surface area contributed by atoms with Crippen LogP contribution in [-0.4, -0.2) is 37.0 Å². The Morgan fingerprint density at radius 3 is 2.48 bits per heavy atom. The fourth-order valence-electron chi connectivity index (χ4n) is 2.27. The van der Waals surface area contributed by atoms with E-state index in [0.717, 1.165) is 36.1 Å². The Morgan fingerprint density at radius 1 is 1.28 bits per heavy atom. The lowest BCUT2D eigenvalue weighted by Crippen LogP contribution is -2.44. The van der Waals surface area contributed by atoms with Gasteiger partial charge in [-0.25, -0.2) is 4.79 Å². The molecule has 0 aromatic heterocycles.